The van der Waals surface area contributed by atoms with Gasteiger partial charge in [-0.05, 0) is 50.2 Å². The SMILES string of the molecule is COc1ccc(-c2oc3c(=O)cc(C)oc3c2CC(=O)NCc2c3c(c(OC)c4c2OCO4)CN(C)CC3)cc1. The van der Waals surface area contributed by atoms with Crippen LogP contribution in [0.15, 0.2) is 44.0 Å². The molecule has 2 aromatic heterocycles. The van der Waals surface area contributed by atoms with Crippen molar-refractivity contribution in [2.45, 2.75) is 32.9 Å². The van der Waals surface area contributed by atoms with E-state index in [1.54, 1.807) is 33.3 Å². The van der Waals surface area contributed by atoms with E-state index in [4.69, 9.17) is 27.8 Å². The maximum Gasteiger partial charge on any atom is 0.231 e. The van der Waals surface area contributed by atoms with Crippen molar-refractivity contribution in [2.24, 2.45) is 0 Å². The monoisotopic (exact) mass is 546 g/mol. The van der Waals surface area contributed by atoms with Crippen molar-refractivity contribution in [1.29, 1.82) is 0 Å². The summed E-state index contributed by atoms with van der Waals surface area (Å²) in [6.45, 7) is 3.62. The van der Waals surface area contributed by atoms with E-state index in [9.17, 15) is 9.59 Å². The van der Waals surface area contributed by atoms with E-state index in [2.05, 4.69) is 17.3 Å². The molecular weight excluding hydrogens is 516 g/mol. The van der Waals surface area contributed by atoms with Crippen LogP contribution in [0.1, 0.15) is 28.0 Å². The molecule has 2 aliphatic heterocycles. The molecule has 0 unspecified atom stereocenters. The summed E-state index contributed by atoms with van der Waals surface area (Å²) in [4.78, 5) is 28.3. The number of hydrogen-bond acceptors (Lipinski definition) is 9. The van der Waals surface area contributed by atoms with Crippen LogP contribution in [-0.2, 0) is 30.7 Å². The Hall–Kier alpha value is -4.44. The summed E-state index contributed by atoms with van der Waals surface area (Å²) in [6.07, 6.45) is 0.740. The number of hydrogen-bond donors (Lipinski definition) is 1. The van der Waals surface area contributed by atoms with Crippen molar-refractivity contribution in [3.8, 4) is 34.3 Å². The van der Waals surface area contributed by atoms with E-state index in [0.717, 1.165) is 29.7 Å². The van der Waals surface area contributed by atoms with Crippen LogP contribution in [0, 0.1) is 6.92 Å². The van der Waals surface area contributed by atoms with E-state index >= 15 is 0 Å². The van der Waals surface area contributed by atoms with Crippen molar-refractivity contribution in [3.05, 3.63) is 68.6 Å². The Balaban J connectivity index is 1.33. The number of furan rings is 1. The van der Waals surface area contributed by atoms with Gasteiger partial charge >= 0.3 is 0 Å². The van der Waals surface area contributed by atoms with Gasteiger partial charge in [0.1, 0.15) is 17.3 Å². The highest BCUT2D eigenvalue weighted by Gasteiger charge is 2.32. The largest absolute Gasteiger partial charge is 0.497 e. The predicted octanol–water partition coefficient (Wildman–Crippen LogP) is 3.95. The fourth-order valence-electron chi connectivity index (χ4n) is 5.50. The van der Waals surface area contributed by atoms with Crippen LogP contribution in [0.2, 0.25) is 0 Å². The lowest BCUT2D eigenvalue weighted by Gasteiger charge is -2.29. The normalized spacial score (nSPS) is 14.3. The first-order valence-electron chi connectivity index (χ1n) is 13.0. The Morgan fingerprint density at radius 3 is 2.52 bits per heavy atom. The molecule has 40 heavy (non-hydrogen) atoms. The molecule has 0 atom stereocenters. The second-order valence-electron chi connectivity index (χ2n) is 9.99. The number of rotatable bonds is 7. The Morgan fingerprint density at radius 1 is 1.00 bits per heavy atom. The minimum absolute atomic E-state index is 0.0542. The molecule has 1 amide bonds. The fraction of sp³-hybridized carbons (Fsp3) is 0.333. The van der Waals surface area contributed by atoms with Crippen molar-refractivity contribution in [3.63, 3.8) is 0 Å². The lowest BCUT2D eigenvalue weighted by molar-refractivity contribution is -0.120. The van der Waals surface area contributed by atoms with Gasteiger partial charge in [0.15, 0.2) is 17.1 Å². The lowest BCUT2D eigenvalue weighted by Crippen LogP contribution is -2.30. The van der Waals surface area contributed by atoms with Crippen molar-refractivity contribution < 1.29 is 32.6 Å². The number of benzene rings is 2. The van der Waals surface area contributed by atoms with Crippen LogP contribution in [0.25, 0.3) is 22.5 Å². The summed E-state index contributed by atoms with van der Waals surface area (Å²) >= 11 is 0. The smallest absolute Gasteiger partial charge is 0.231 e. The number of aryl methyl sites for hydroxylation is 1. The molecule has 0 spiro atoms. The Bertz CT molecular complexity index is 1670. The van der Waals surface area contributed by atoms with Crippen LogP contribution in [0.5, 0.6) is 23.0 Å². The number of amides is 1. The molecule has 0 saturated carbocycles. The number of fused-ring (bicyclic) bond motifs is 3. The van der Waals surface area contributed by atoms with Gasteiger partial charge in [-0.1, -0.05) is 0 Å². The molecule has 0 bridgehead atoms. The van der Waals surface area contributed by atoms with Crippen molar-refractivity contribution >= 4 is 17.1 Å². The summed E-state index contributed by atoms with van der Waals surface area (Å²) in [6, 6.07) is 8.59. The molecule has 2 aromatic carbocycles. The number of likely N-dealkylation sites (N-methyl/N-ethyl adjacent to an activating group) is 1. The van der Waals surface area contributed by atoms with Gasteiger partial charge in [-0.15, -0.1) is 0 Å². The van der Waals surface area contributed by atoms with Gasteiger partial charge in [-0.25, -0.2) is 0 Å². The molecule has 10 heteroatoms. The first-order chi connectivity index (χ1) is 19.4. The minimum Gasteiger partial charge on any atom is -0.497 e. The number of methoxy groups -OCH3 is 2. The number of carbonyl (C=O) groups is 1. The summed E-state index contributed by atoms with van der Waals surface area (Å²) in [5.41, 5.74) is 4.29. The molecule has 208 valence electrons. The minimum atomic E-state index is -0.303. The van der Waals surface area contributed by atoms with Crippen LogP contribution >= 0.6 is 0 Å². The molecule has 6 rings (SSSR count). The Morgan fingerprint density at radius 2 is 1.77 bits per heavy atom. The van der Waals surface area contributed by atoms with Gasteiger partial charge in [0.05, 0.1) is 26.2 Å². The first kappa shape index (κ1) is 25.8. The molecule has 1 N–H and O–H groups in total. The molecule has 4 heterocycles. The van der Waals surface area contributed by atoms with Crippen molar-refractivity contribution in [2.75, 3.05) is 34.6 Å². The van der Waals surface area contributed by atoms with E-state index < -0.39 is 0 Å². The number of nitrogens with zero attached hydrogens (tertiary/aromatic N) is 1. The van der Waals surface area contributed by atoms with E-state index in [1.165, 1.54) is 6.07 Å². The molecule has 0 fully saturated rings. The van der Waals surface area contributed by atoms with E-state index in [-0.39, 0.29) is 42.3 Å². The second-order valence-corrected chi connectivity index (χ2v) is 9.99. The van der Waals surface area contributed by atoms with Crippen LogP contribution in [0.4, 0.5) is 0 Å². The zero-order chi connectivity index (χ0) is 28.0. The molecule has 0 radical (unpaired) electrons. The molecule has 4 aromatic rings. The maximum absolute atomic E-state index is 13.4. The van der Waals surface area contributed by atoms with Gasteiger partial charge in [0.25, 0.3) is 0 Å². The van der Waals surface area contributed by atoms with Gasteiger partial charge in [0.2, 0.25) is 29.5 Å². The highest BCUT2D eigenvalue weighted by Crippen LogP contribution is 2.49. The summed E-state index contributed by atoms with van der Waals surface area (Å²) < 4.78 is 34.5. The highest BCUT2D eigenvalue weighted by atomic mass is 16.7. The van der Waals surface area contributed by atoms with Crippen LogP contribution < -0.4 is 29.7 Å². The summed E-state index contributed by atoms with van der Waals surface area (Å²) in [5, 5.41) is 3.05. The van der Waals surface area contributed by atoms with Gasteiger partial charge in [-0.3, -0.25) is 9.59 Å². The Kier molecular flexibility index (Phi) is 6.63. The van der Waals surface area contributed by atoms with Crippen molar-refractivity contribution in [1.82, 2.24) is 10.2 Å². The number of ether oxygens (including phenoxy) is 4. The van der Waals surface area contributed by atoms with Crippen LogP contribution in [0.3, 0.4) is 0 Å². The molecule has 0 aliphatic carbocycles. The third-order valence-electron chi connectivity index (χ3n) is 7.40. The second kappa shape index (κ2) is 10.3. The zero-order valence-electron chi connectivity index (χ0n) is 22.8. The predicted molar refractivity (Wildman–Crippen MR) is 146 cm³/mol. The molecule has 2 aliphatic rings. The number of carbonyl (C=O) groups excluding carboxylic acids is 1. The Labute approximate surface area is 230 Å². The highest BCUT2D eigenvalue weighted by molar-refractivity contribution is 5.90. The third-order valence-corrected chi connectivity index (χ3v) is 7.40. The summed E-state index contributed by atoms with van der Waals surface area (Å²) in [5.74, 6) is 3.12. The average Bonchev–Trinajstić information content (AvgIpc) is 3.57. The van der Waals surface area contributed by atoms with Gasteiger partial charge < -0.3 is 38.0 Å². The summed E-state index contributed by atoms with van der Waals surface area (Å²) in [7, 11) is 5.27. The molecular formula is C30H30N2O8. The quantitative estimate of drug-likeness (QED) is 0.368. The topological polar surface area (TPSA) is 113 Å². The molecule has 0 saturated heterocycles. The zero-order valence-corrected chi connectivity index (χ0v) is 22.8. The maximum atomic E-state index is 13.4. The standard InChI is InChI=1S/C30H30N2O8/c1-16-11-23(33)29-28(39-16)20(25(40-29)17-5-7-18(35-3)8-6-17)12-24(34)31-13-21-19-9-10-32(2)14-22(19)26(36-4)30-27(21)37-15-38-30/h5-8,11H,9-10,12-15H2,1-4H3,(H,31,34). The third kappa shape index (κ3) is 4.44. The van der Waals surface area contributed by atoms with E-state index in [1.807, 2.05) is 12.1 Å². The fourth-order valence-corrected chi connectivity index (χ4v) is 5.50. The molecule has 10 nitrogen and oxygen atoms in total. The number of nitrogens with one attached hydrogen (secondary N) is 1. The average molecular weight is 547 g/mol. The van der Waals surface area contributed by atoms with Gasteiger partial charge in [-0.2, -0.15) is 0 Å². The lowest BCUT2D eigenvalue weighted by atomic mass is 9.92. The first-order valence-corrected chi connectivity index (χ1v) is 13.0. The van der Waals surface area contributed by atoms with Crippen LogP contribution in [-0.4, -0.2) is 45.4 Å². The van der Waals surface area contributed by atoms with Gasteiger partial charge in [0, 0.05) is 42.4 Å². The van der Waals surface area contributed by atoms with E-state index in [0.29, 0.717) is 52.2 Å².